The van der Waals surface area contributed by atoms with Gasteiger partial charge in [-0.2, -0.15) is 0 Å². The molecule has 0 saturated heterocycles. The highest BCUT2D eigenvalue weighted by Gasteiger charge is 2.20. The van der Waals surface area contributed by atoms with Crippen molar-refractivity contribution in [3.8, 4) is 5.75 Å². The summed E-state index contributed by atoms with van der Waals surface area (Å²) < 4.78 is 0. The summed E-state index contributed by atoms with van der Waals surface area (Å²) in [6.45, 7) is 1.86. The molecule has 1 aromatic carbocycles. The van der Waals surface area contributed by atoms with Gasteiger partial charge in [-0.15, -0.1) is 0 Å². The summed E-state index contributed by atoms with van der Waals surface area (Å²) in [4.78, 5) is 28.2. The van der Waals surface area contributed by atoms with Crippen LogP contribution in [0.3, 0.4) is 0 Å². The Kier molecular flexibility index (Phi) is 3.89. The van der Waals surface area contributed by atoms with Gasteiger partial charge < -0.3 is 15.0 Å². The van der Waals surface area contributed by atoms with E-state index in [1.54, 1.807) is 31.3 Å². The molecule has 0 aliphatic carbocycles. The third-order valence-corrected chi connectivity index (χ3v) is 3.33. The van der Waals surface area contributed by atoms with Crippen LogP contribution in [0, 0.1) is 0 Å². The zero-order chi connectivity index (χ0) is 14.7. The third kappa shape index (κ3) is 2.71. The van der Waals surface area contributed by atoms with Crippen LogP contribution in [0.1, 0.15) is 28.9 Å². The van der Waals surface area contributed by atoms with Gasteiger partial charge in [0, 0.05) is 25.5 Å². The van der Waals surface area contributed by atoms with Crippen molar-refractivity contribution < 1.29 is 9.90 Å². The standard InChI is InChI=1S/C15H16N2O3/c1-10(11-3-5-12(18)6-4-11)17(2)15(20)13-9-16-8-7-14(13)19/h3-10,18H,1-2H3,(H,16,19). The van der Waals surface area contributed by atoms with Crippen molar-refractivity contribution in [1.29, 1.82) is 0 Å². The monoisotopic (exact) mass is 272 g/mol. The third-order valence-electron chi connectivity index (χ3n) is 3.33. The quantitative estimate of drug-likeness (QED) is 0.896. The molecule has 2 N–H and O–H groups in total. The van der Waals surface area contributed by atoms with E-state index in [4.69, 9.17) is 0 Å². The molecule has 0 saturated carbocycles. The van der Waals surface area contributed by atoms with Crippen molar-refractivity contribution in [1.82, 2.24) is 9.88 Å². The van der Waals surface area contributed by atoms with Gasteiger partial charge in [0.2, 0.25) is 0 Å². The summed E-state index contributed by atoms with van der Waals surface area (Å²) >= 11 is 0. The highest BCUT2D eigenvalue weighted by Crippen LogP contribution is 2.21. The van der Waals surface area contributed by atoms with Crippen LogP contribution in [0.2, 0.25) is 0 Å². The molecular formula is C15H16N2O3. The van der Waals surface area contributed by atoms with Crippen molar-refractivity contribution >= 4 is 5.91 Å². The fourth-order valence-electron chi connectivity index (χ4n) is 1.93. The maximum Gasteiger partial charge on any atom is 0.259 e. The Morgan fingerprint density at radius 2 is 1.90 bits per heavy atom. The number of phenolic OH excluding ortho intramolecular Hbond substituents is 1. The second-order valence-corrected chi connectivity index (χ2v) is 4.61. The zero-order valence-corrected chi connectivity index (χ0v) is 11.3. The van der Waals surface area contributed by atoms with E-state index in [-0.39, 0.29) is 28.7 Å². The van der Waals surface area contributed by atoms with Crippen molar-refractivity contribution in [2.24, 2.45) is 0 Å². The van der Waals surface area contributed by atoms with Gasteiger partial charge in [0.25, 0.3) is 5.91 Å². The molecule has 20 heavy (non-hydrogen) atoms. The highest BCUT2D eigenvalue weighted by atomic mass is 16.3. The Balaban J connectivity index is 2.25. The molecule has 1 unspecified atom stereocenters. The molecule has 1 atom stereocenters. The minimum Gasteiger partial charge on any atom is -0.508 e. The number of rotatable bonds is 3. The lowest BCUT2D eigenvalue weighted by molar-refractivity contribution is 0.0741. The molecule has 2 aromatic rings. The first-order chi connectivity index (χ1) is 9.50. The molecule has 0 fully saturated rings. The number of pyridine rings is 1. The maximum atomic E-state index is 12.3. The Labute approximate surface area is 116 Å². The minimum atomic E-state index is -0.340. The smallest absolute Gasteiger partial charge is 0.259 e. The van der Waals surface area contributed by atoms with E-state index >= 15 is 0 Å². The minimum absolute atomic E-state index is 0.112. The second kappa shape index (κ2) is 5.61. The second-order valence-electron chi connectivity index (χ2n) is 4.61. The van der Waals surface area contributed by atoms with Crippen LogP contribution in [-0.4, -0.2) is 27.9 Å². The Morgan fingerprint density at radius 1 is 1.25 bits per heavy atom. The number of H-pyrrole nitrogens is 1. The number of hydrogen-bond acceptors (Lipinski definition) is 3. The van der Waals surface area contributed by atoms with Gasteiger partial charge in [-0.05, 0) is 24.6 Å². The van der Waals surface area contributed by atoms with Crippen LogP contribution < -0.4 is 5.43 Å². The number of nitrogens with zero attached hydrogens (tertiary/aromatic N) is 1. The molecule has 0 aliphatic heterocycles. The van der Waals surface area contributed by atoms with E-state index in [0.29, 0.717) is 0 Å². The molecule has 1 amide bonds. The van der Waals surface area contributed by atoms with Crippen LogP contribution in [0.4, 0.5) is 0 Å². The van der Waals surface area contributed by atoms with Gasteiger partial charge >= 0.3 is 0 Å². The van der Waals surface area contributed by atoms with Crippen LogP contribution in [0.25, 0.3) is 0 Å². The first-order valence-electron chi connectivity index (χ1n) is 6.24. The van der Waals surface area contributed by atoms with Gasteiger partial charge in [-0.3, -0.25) is 9.59 Å². The van der Waals surface area contributed by atoms with Crippen LogP contribution >= 0.6 is 0 Å². The number of nitrogens with one attached hydrogen (secondary N) is 1. The van der Waals surface area contributed by atoms with Crippen LogP contribution in [0.5, 0.6) is 5.75 Å². The molecule has 104 valence electrons. The van der Waals surface area contributed by atoms with Crippen molar-refractivity contribution in [2.75, 3.05) is 7.05 Å². The molecular weight excluding hydrogens is 256 g/mol. The summed E-state index contributed by atoms with van der Waals surface area (Å²) in [5.74, 6) is -0.165. The fraction of sp³-hybridized carbons (Fsp3) is 0.200. The summed E-state index contributed by atoms with van der Waals surface area (Å²) in [6, 6.07) is 7.76. The van der Waals surface area contributed by atoms with E-state index in [2.05, 4.69) is 4.98 Å². The average molecular weight is 272 g/mol. The van der Waals surface area contributed by atoms with E-state index in [0.717, 1.165) is 5.56 Å². The predicted molar refractivity (Wildman–Crippen MR) is 75.7 cm³/mol. The number of hydrogen-bond donors (Lipinski definition) is 2. The van der Waals surface area contributed by atoms with Crippen molar-refractivity contribution in [2.45, 2.75) is 13.0 Å². The molecule has 2 rings (SSSR count). The number of phenols is 1. The molecule has 1 aromatic heterocycles. The topological polar surface area (TPSA) is 73.4 Å². The molecule has 5 heteroatoms. The Bertz CT molecular complexity index is 661. The number of aromatic hydroxyl groups is 1. The molecule has 1 heterocycles. The van der Waals surface area contributed by atoms with E-state index in [1.165, 1.54) is 23.4 Å². The number of carbonyl (C=O) groups excluding carboxylic acids is 1. The largest absolute Gasteiger partial charge is 0.508 e. The first-order valence-corrected chi connectivity index (χ1v) is 6.24. The maximum absolute atomic E-state index is 12.3. The van der Waals surface area contributed by atoms with E-state index in [1.807, 2.05) is 6.92 Å². The first kappa shape index (κ1) is 13.9. The predicted octanol–water partition coefficient (Wildman–Crippen LogP) is 1.91. The number of amides is 1. The Morgan fingerprint density at radius 3 is 2.50 bits per heavy atom. The van der Waals surface area contributed by atoms with Crippen molar-refractivity contribution in [3.63, 3.8) is 0 Å². The normalized spacial score (nSPS) is 11.9. The summed E-state index contributed by atoms with van der Waals surface area (Å²) in [7, 11) is 1.65. The van der Waals surface area contributed by atoms with Gasteiger partial charge in [-0.1, -0.05) is 12.1 Å². The van der Waals surface area contributed by atoms with Gasteiger partial charge in [0.15, 0.2) is 5.43 Å². The van der Waals surface area contributed by atoms with Gasteiger partial charge in [0.05, 0.1) is 6.04 Å². The molecule has 0 bridgehead atoms. The van der Waals surface area contributed by atoms with Crippen molar-refractivity contribution in [3.05, 3.63) is 64.1 Å². The number of aromatic amines is 1. The average Bonchev–Trinajstić information content (AvgIpc) is 2.46. The summed E-state index contributed by atoms with van der Waals surface area (Å²) in [6.07, 6.45) is 2.90. The van der Waals surface area contributed by atoms with Crippen LogP contribution in [0.15, 0.2) is 47.5 Å². The lowest BCUT2D eigenvalue weighted by Gasteiger charge is -2.25. The number of benzene rings is 1. The fourth-order valence-corrected chi connectivity index (χ4v) is 1.93. The molecule has 5 nitrogen and oxygen atoms in total. The van der Waals surface area contributed by atoms with E-state index in [9.17, 15) is 14.7 Å². The zero-order valence-electron chi connectivity index (χ0n) is 11.3. The molecule has 0 aliphatic rings. The lowest BCUT2D eigenvalue weighted by atomic mass is 10.1. The highest BCUT2D eigenvalue weighted by molar-refractivity contribution is 5.93. The molecule has 0 radical (unpaired) electrons. The summed E-state index contributed by atoms with van der Waals surface area (Å²) in [5.41, 5.74) is 0.685. The molecule has 0 spiro atoms. The number of aromatic nitrogens is 1. The lowest BCUT2D eigenvalue weighted by Crippen LogP contribution is -2.32. The number of carbonyl (C=O) groups is 1. The van der Waals surface area contributed by atoms with Crippen LogP contribution in [-0.2, 0) is 0 Å². The van der Waals surface area contributed by atoms with Gasteiger partial charge in [0.1, 0.15) is 11.3 Å². The van der Waals surface area contributed by atoms with Gasteiger partial charge in [-0.25, -0.2) is 0 Å². The SMILES string of the molecule is CC(c1ccc(O)cc1)N(C)C(=O)c1c[nH]ccc1=O. The summed E-state index contributed by atoms with van der Waals surface area (Å²) in [5, 5.41) is 9.27. The Hall–Kier alpha value is -2.56. The van der Waals surface area contributed by atoms with E-state index < -0.39 is 0 Å².